The summed E-state index contributed by atoms with van der Waals surface area (Å²) in [5, 5.41) is 5.49. The van der Waals surface area contributed by atoms with Crippen molar-refractivity contribution >= 4 is 40.6 Å². The number of terminal acetylenes is 1. The van der Waals surface area contributed by atoms with E-state index in [2.05, 4.69) is 26.4 Å². The predicted molar refractivity (Wildman–Crippen MR) is 112 cm³/mol. The maximum Gasteiger partial charge on any atom is 0.258 e. The van der Waals surface area contributed by atoms with Gasteiger partial charge in [0.05, 0.1) is 28.4 Å². The van der Waals surface area contributed by atoms with Crippen LogP contribution < -0.4 is 10.6 Å². The van der Waals surface area contributed by atoms with Crippen LogP contribution in [0.25, 0.3) is 4.85 Å². The molecule has 0 spiro atoms. The van der Waals surface area contributed by atoms with Crippen molar-refractivity contribution in [2.45, 2.75) is 0 Å². The van der Waals surface area contributed by atoms with Crippen molar-refractivity contribution in [2.24, 2.45) is 0 Å². The van der Waals surface area contributed by atoms with E-state index < -0.39 is 17.6 Å². The van der Waals surface area contributed by atoms with E-state index in [-0.39, 0.29) is 28.3 Å². The van der Waals surface area contributed by atoms with Gasteiger partial charge in [0.2, 0.25) is 0 Å². The molecule has 8 heteroatoms. The van der Waals surface area contributed by atoms with E-state index in [9.17, 15) is 14.0 Å². The second kappa shape index (κ2) is 8.87. The van der Waals surface area contributed by atoms with E-state index >= 15 is 0 Å². The highest BCUT2D eigenvalue weighted by molar-refractivity contribution is 6.30. The van der Waals surface area contributed by atoms with Gasteiger partial charge in [-0.15, -0.1) is 6.42 Å². The first-order chi connectivity index (χ1) is 14.4. The molecule has 1 heterocycles. The lowest BCUT2D eigenvalue weighted by Gasteiger charge is -2.12. The number of benzene rings is 2. The van der Waals surface area contributed by atoms with Gasteiger partial charge >= 0.3 is 0 Å². The van der Waals surface area contributed by atoms with Crippen molar-refractivity contribution in [1.82, 2.24) is 4.98 Å². The summed E-state index contributed by atoms with van der Waals surface area (Å²) in [6, 6.07) is 11.0. The van der Waals surface area contributed by atoms with Gasteiger partial charge in [0.1, 0.15) is 11.6 Å². The van der Waals surface area contributed by atoms with Gasteiger partial charge in [-0.1, -0.05) is 29.7 Å². The fraction of sp³-hybridized carbons (Fsp3) is 0. The van der Waals surface area contributed by atoms with Crippen LogP contribution in [-0.4, -0.2) is 16.8 Å². The Bertz CT molecular complexity index is 1230. The summed E-state index contributed by atoms with van der Waals surface area (Å²) in [4.78, 5) is 32.4. The Balaban J connectivity index is 1.90. The summed E-state index contributed by atoms with van der Waals surface area (Å²) in [7, 11) is 0. The highest BCUT2D eigenvalue weighted by atomic mass is 35.5. The van der Waals surface area contributed by atoms with Crippen LogP contribution in [0, 0.1) is 24.7 Å². The van der Waals surface area contributed by atoms with E-state index in [1.807, 2.05) is 0 Å². The summed E-state index contributed by atoms with van der Waals surface area (Å²) in [6.07, 6.45) is 6.78. The Morgan fingerprint density at radius 1 is 1.07 bits per heavy atom. The van der Waals surface area contributed by atoms with E-state index in [0.29, 0.717) is 10.6 Å². The molecule has 6 nitrogen and oxygen atoms in total. The third-order valence-electron chi connectivity index (χ3n) is 3.97. The van der Waals surface area contributed by atoms with Crippen LogP contribution in [0.2, 0.25) is 5.02 Å². The fourth-order valence-corrected chi connectivity index (χ4v) is 2.62. The molecule has 0 aliphatic rings. The Kier molecular flexibility index (Phi) is 6.07. The molecule has 2 amide bonds. The average Bonchev–Trinajstić information content (AvgIpc) is 2.75. The Morgan fingerprint density at radius 3 is 2.47 bits per heavy atom. The lowest BCUT2D eigenvalue weighted by atomic mass is 10.1. The van der Waals surface area contributed by atoms with Crippen molar-refractivity contribution in [3.8, 4) is 12.3 Å². The first-order valence-corrected chi connectivity index (χ1v) is 8.81. The number of aromatic nitrogens is 1. The molecule has 1 aromatic heterocycles. The molecule has 0 aliphatic carbocycles. The van der Waals surface area contributed by atoms with Crippen LogP contribution in [0.3, 0.4) is 0 Å². The topological polar surface area (TPSA) is 75.5 Å². The smallest absolute Gasteiger partial charge is 0.258 e. The highest BCUT2D eigenvalue weighted by Gasteiger charge is 2.18. The quantitative estimate of drug-likeness (QED) is 0.467. The molecular formula is C22H12ClFN4O2. The first-order valence-electron chi connectivity index (χ1n) is 8.43. The first kappa shape index (κ1) is 20.5. The number of pyridine rings is 1. The number of carbonyl (C=O) groups excluding carboxylic acids is 2. The third kappa shape index (κ3) is 4.61. The minimum absolute atomic E-state index is 0.0636. The molecule has 30 heavy (non-hydrogen) atoms. The molecule has 0 aliphatic heterocycles. The number of hydrogen-bond acceptors (Lipinski definition) is 3. The van der Waals surface area contributed by atoms with Crippen LogP contribution in [0.15, 0.2) is 54.7 Å². The molecule has 3 rings (SSSR count). The summed E-state index contributed by atoms with van der Waals surface area (Å²) in [5.41, 5.74) is 0.398. The highest BCUT2D eigenvalue weighted by Crippen LogP contribution is 2.22. The molecule has 3 aromatic rings. The van der Waals surface area contributed by atoms with Crippen molar-refractivity contribution in [2.75, 3.05) is 10.6 Å². The Hall–Kier alpha value is -4.20. The molecule has 0 unspecified atom stereocenters. The van der Waals surface area contributed by atoms with Gasteiger partial charge in [0, 0.05) is 11.8 Å². The summed E-state index contributed by atoms with van der Waals surface area (Å²) in [5.74, 6) is 0.445. The van der Waals surface area contributed by atoms with Gasteiger partial charge < -0.3 is 10.6 Å². The lowest BCUT2D eigenvalue weighted by Crippen LogP contribution is -2.19. The van der Waals surface area contributed by atoms with E-state index in [1.165, 1.54) is 42.6 Å². The number of halogens is 2. The number of nitrogens with one attached hydrogen (secondary N) is 2. The second-order valence-corrected chi connectivity index (χ2v) is 6.39. The number of rotatable bonds is 4. The monoisotopic (exact) mass is 418 g/mol. The van der Waals surface area contributed by atoms with Crippen LogP contribution in [-0.2, 0) is 0 Å². The van der Waals surface area contributed by atoms with E-state index in [0.717, 1.165) is 6.07 Å². The minimum atomic E-state index is -0.849. The van der Waals surface area contributed by atoms with Gasteiger partial charge in [-0.3, -0.25) is 9.59 Å². The van der Waals surface area contributed by atoms with Crippen molar-refractivity contribution in [3.05, 3.63) is 93.7 Å². The molecule has 0 atom stereocenters. The largest absolute Gasteiger partial charge is 0.321 e. The number of anilines is 2. The van der Waals surface area contributed by atoms with Gasteiger partial charge in [0.25, 0.3) is 11.8 Å². The van der Waals surface area contributed by atoms with Gasteiger partial charge in [-0.05, 0) is 36.4 Å². The lowest BCUT2D eigenvalue weighted by molar-refractivity contribution is 0.102. The number of nitrogens with zero attached hydrogens (tertiary/aromatic N) is 2. The normalized spacial score (nSPS) is 9.87. The maximum absolute atomic E-state index is 14.2. The zero-order valence-electron chi connectivity index (χ0n) is 15.2. The average molecular weight is 419 g/mol. The van der Waals surface area contributed by atoms with Crippen LogP contribution >= 0.6 is 11.6 Å². The van der Waals surface area contributed by atoms with E-state index in [4.69, 9.17) is 24.6 Å². The zero-order chi connectivity index (χ0) is 21.7. The van der Waals surface area contributed by atoms with Crippen molar-refractivity contribution < 1.29 is 14.0 Å². The van der Waals surface area contributed by atoms with Crippen molar-refractivity contribution in [3.63, 3.8) is 0 Å². The molecular weight excluding hydrogens is 407 g/mol. The molecule has 0 radical (unpaired) electrons. The third-order valence-corrected chi connectivity index (χ3v) is 4.20. The molecule has 0 fully saturated rings. The summed E-state index contributed by atoms with van der Waals surface area (Å²) in [6.45, 7) is 6.90. The standard InChI is InChI=1S/C22H12ClFN4O2/c1-3-13-4-8-19(27-21(29)16-7-6-15(25-2)11-18(16)24)17(10-13)22(30)28-20-9-5-14(23)12-26-20/h1,4-12H,(H,27,29)(H,26,28,30). The molecule has 0 bridgehead atoms. The van der Waals surface area contributed by atoms with Crippen molar-refractivity contribution in [1.29, 1.82) is 0 Å². The van der Waals surface area contributed by atoms with Gasteiger partial charge in [0.15, 0.2) is 5.69 Å². The summed E-state index contributed by atoms with van der Waals surface area (Å²) >= 11 is 5.79. The molecule has 0 saturated heterocycles. The summed E-state index contributed by atoms with van der Waals surface area (Å²) < 4.78 is 14.2. The predicted octanol–water partition coefficient (Wildman–Crippen LogP) is 4.91. The Morgan fingerprint density at radius 2 is 1.83 bits per heavy atom. The zero-order valence-corrected chi connectivity index (χ0v) is 16.0. The molecule has 2 aromatic carbocycles. The minimum Gasteiger partial charge on any atom is -0.321 e. The molecule has 146 valence electrons. The van der Waals surface area contributed by atoms with Crippen LogP contribution in [0.5, 0.6) is 0 Å². The SMILES string of the molecule is [C-]#[N+]c1ccc(C(=O)Nc2ccc(C#C)cc2C(=O)Nc2ccc(Cl)cn2)c(F)c1. The molecule has 2 N–H and O–H groups in total. The van der Waals surface area contributed by atoms with Crippen LogP contribution in [0.1, 0.15) is 26.3 Å². The maximum atomic E-state index is 14.2. The second-order valence-electron chi connectivity index (χ2n) is 5.95. The fourth-order valence-electron chi connectivity index (χ4n) is 2.51. The Labute approximate surface area is 176 Å². The molecule has 0 saturated carbocycles. The van der Waals surface area contributed by atoms with Gasteiger partial charge in [-0.25, -0.2) is 14.2 Å². The van der Waals surface area contributed by atoms with E-state index in [1.54, 1.807) is 6.07 Å². The number of hydrogen-bond donors (Lipinski definition) is 2. The number of carbonyl (C=O) groups is 2. The van der Waals surface area contributed by atoms with Crippen LogP contribution in [0.4, 0.5) is 21.6 Å². The van der Waals surface area contributed by atoms with Gasteiger partial charge in [-0.2, -0.15) is 0 Å². The number of amides is 2.